The summed E-state index contributed by atoms with van der Waals surface area (Å²) in [4.78, 5) is 26.3. The molecule has 12 heteroatoms. The average Bonchev–Trinajstić information content (AvgIpc) is 3.27. The van der Waals surface area contributed by atoms with Crippen LogP contribution in [0.4, 0.5) is 24.7 Å². The van der Waals surface area contributed by atoms with Crippen molar-refractivity contribution in [3.63, 3.8) is 0 Å². The minimum Gasteiger partial charge on any atom is -0.355 e. The molecule has 1 aliphatic heterocycles. The molecule has 2 aromatic heterocycles. The number of hydrogen-bond acceptors (Lipinski definition) is 6. The molecule has 0 spiro atoms. The standard InChI is InChI=1S/C23H26F3N7O2/c1-2-4-20(34)28-17-6-3-5-15(13-17)14-27-21(35)16-9-11-32(12-10-16)19-8-7-18-29-30-22(23(24,25)26)33(18)31-19/h3,5-8,13,16H,2,4,9-12,14H2,1H3,(H,27,35)(H,28,34). The van der Waals surface area contributed by atoms with E-state index in [0.29, 0.717) is 54.9 Å². The first-order valence-electron chi connectivity index (χ1n) is 11.5. The Balaban J connectivity index is 1.31. The van der Waals surface area contributed by atoms with Gasteiger partial charge in [-0.1, -0.05) is 19.1 Å². The number of hydrogen-bond donors (Lipinski definition) is 2. The summed E-state index contributed by atoms with van der Waals surface area (Å²) in [6, 6.07) is 10.4. The number of nitrogens with zero attached hydrogens (tertiary/aromatic N) is 5. The lowest BCUT2D eigenvalue weighted by Crippen LogP contribution is -2.40. The molecule has 0 radical (unpaired) electrons. The van der Waals surface area contributed by atoms with Gasteiger partial charge in [-0.15, -0.1) is 15.3 Å². The Bertz CT molecular complexity index is 1200. The lowest BCUT2D eigenvalue weighted by molar-refractivity contribution is -0.146. The van der Waals surface area contributed by atoms with Gasteiger partial charge in [0.2, 0.25) is 11.8 Å². The third-order valence-corrected chi connectivity index (χ3v) is 5.85. The van der Waals surface area contributed by atoms with E-state index in [1.165, 1.54) is 6.07 Å². The van der Waals surface area contributed by atoms with Gasteiger partial charge < -0.3 is 15.5 Å². The van der Waals surface area contributed by atoms with Crippen LogP contribution in [0.5, 0.6) is 0 Å². The van der Waals surface area contributed by atoms with Crippen molar-refractivity contribution < 1.29 is 22.8 Å². The topological polar surface area (TPSA) is 105 Å². The van der Waals surface area contributed by atoms with Crippen LogP contribution in [-0.2, 0) is 22.3 Å². The molecule has 2 amide bonds. The van der Waals surface area contributed by atoms with E-state index in [1.807, 2.05) is 30.0 Å². The van der Waals surface area contributed by atoms with Gasteiger partial charge in [0.05, 0.1) is 0 Å². The van der Waals surface area contributed by atoms with Gasteiger partial charge in [0.25, 0.3) is 5.82 Å². The van der Waals surface area contributed by atoms with E-state index >= 15 is 0 Å². The van der Waals surface area contributed by atoms with E-state index in [1.54, 1.807) is 12.1 Å². The molecule has 1 aromatic carbocycles. The summed E-state index contributed by atoms with van der Waals surface area (Å²) in [5.74, 6) is -1.12. The van der Waals surface area contributed by atoms with E-state index < -0.39 is 12.0 Å². The fraction of sp³-hybridized carbons (Fsp3) is 0.435. The second-order valence-electron chi connectivity index (χ2n) is 8.46. The van der Waals surface area contributed by atoms with Gasteiger partial charge >= 0.3 is 6.18 Å². The van der Waals surface area contributed by atoms with Crippen molar-refractivity contribution in [1.82, 2.24) is 25.1 Å². The maximum Gasteiger partial charge on any atom is 0.453 e. The van der Waals surface area contributed by atoms with E-state index in [-0.39, 0.29) is 23.4 Å². The summed E-state index contributed by atoms with van der Waals surface area (Å²) in [6.07, 6.45) is -2.34. The lowest BCUT2D eigenvalue weighted by Gasteiger charge is -2.32. The highest BCUT2D eigenvalue weighted by atomic mass is 19.4. The zero-order valence-corrected chi connectivity index (χ0v) is 19.2. The number of benzene rings is 1. The molecule has 4 rings (SSSR count). The Labute approximate surface area is 199 Å². The molecule has 2 N–H and O–H groups in total. The molecular weight excluding hydrogens is 463 g/mol. The molecule has 0 bridgehead atoms. The Kier molecular flexibility index (Phi) is 7.17. The van der Waals surface area contributed by atoms with Crippen LogP contribution in [0, 0.1) is 5.92 Å². The first kappa shape index (κ1) is 24.4. The van der Waals surface area contributed by atoms with Crippen LogP contribution in [0.15, 0.2) is 36.4 Å². The molecule has 1 aliphatic rings. The highest BCUT2D eigenvalue weighted by molar-refractivity contribution is 5.90. The van der Waals surface area contributed by atoms with Gasteiger partial charge in [0.1, 0.15) is 5.82 Å². The van der Waals surface area contributed by atoms with Gasteiger partial charge in [-0.05, 0) is 49.1 Å². The summed E-state index contributed by atoms with van der Waals surface area (Å²) in [5, 5.41) is 16.6. The maximum absolute atomic E-state index is 13.1. The first-order chi connectivity index (χ1) is 16.7. The summed E-state index contributed by atoms with van der Waals surface area (Å²) in [5.41, 5.74) is 1.58. The van der Waals surface area contributed by atoms with Gasteiger partial charge in [0.15, 0.2) is 5.65 Å². The fourth-order valence-electron chi connectivity index (χ4n) is 4.04. The van der Waals surface area contributed by atoms with Gasteiger partial charge in [-0.25, -0.2) is 0 Å². The van der Waals surface area contributed by atoms with Crippen LogP contribution in [0.25, 0.3) is 5.65 Å². The van der Waals surface area contributed by atoms with Crippen LogP contribution in [0.1, 0.15) is 44.0 Å². The van der Waals surface area contributed by atoms with Crippen molar-refractivity contribution in [2.24, 2.45) is 5.92 Å². The molecule has 186 valence electrons. The minimum atomic E-state index is -4.66. The number of fused-ring (bicyclic) bond motifs is 1. The fourth-order valence-corrected chi connectivity index (χ4v) is 4.04. The molecule has 1 saturated heterocycles. The number of rotatable bonds is 7. The van der Waals surface area contributed by atoms with Crippen LogP contribution in [0.2, 0.25) is 0 Å². The number of alkyl halides is 3. The van der Waals surface area contributed by atoms with E-state index in [4.69, 9.17) is 0 Å². The Morgan fingerprint density at radius 3 is 2.60 bits per heavy atom. The molecule has 3 heterocycles. The van der Waals surface area contributed by atoms with Crippen molar-refractivity contribution >= 4 is 29.0 Å². The van der Waals surface area contributed by atoms with Gasteiger partial charge in [-0.2, -0.15) is 17.7 Å². The molecule has 1 fully saturated rings. The molecule has 9 nitrogen and oxygen atoms in total. The van der Waals surface area contributed by atoms with E-state index in [2.05, 4.69) is 25.9 Å². The van der Waals surface area contributed by atoms with Gasteiger partial charge in [-0.3, -0.25) is 9.59 Å². The second-order valence-corrected chi connectivity index (χ2v) is 8.46. The third-order valence-electron chi connectivity index (χ3n) is 5.85. The summed E-state index contributed by atoms with van der Waals surface area (Å²) >= 11 is 0. The van der Waals surface area contributed by atoms with Crippen LogP contribution in [-0.4, -0.2) is 44.7 Å². The van der Waals surface area contributed by atoms with E-state index in [0.717, 1.165) is 12.0 Å². The van der Waals surface area contributed by atoms with Crippen LogP contribution < -0.4 is 15.5 Å². The molecular formula is C23H26F3N7O2. The zero-order chi connectivity index (χ0) is 25.0. The van der Waals surface area contributed by atoms with Crippen molar-refractivity contribution in [1.29, 1.82) is 0 Å². The second kappa shape index (κ2) is 10.3. The van der Waals surface area contributed by atoms with E-state index in [9.17, 15) is 22.8 Å². The van der Waals surface area contributed by atoms with Gasteiger partial charge in [0, 0.05) is 37.7 Å². The van der Waals surface area contributed by atoms with Crippen molar-refractivity contribution in [3.05, 3.63) is 47.8 Å². The van der Waals surface area contributed by atoms with Crippen molar-refractivity contribution in [2.75, 3.05) is 23.3 Å². The Hall–Kier alpha value is -3.70. The number of anilines is 2. The summed E-state index contributed by atoms with van der Waals surface area (Å²) in [7, 11) is 0. The zero-order valence-electron chi connectivity index (χ0n) is 19.2. The number of carbonyl (C=O) groups is 2. The lowest BCUT2D eigenvalue weighted by atomic mass is 9.96. The number of nitrogens with one attached hydrogen (secondary N) is 2. The Morgan fingerprint density at radius 1 is 1.11 bits per heavy atom. The summed E-state index contributed by atoms with van der Waals surface area (Å²) < 4.78 is 40.1. The summed E-state index contributed by atoms with van der Waals surface area (Å²) in [6.45, 7) is 3.24. The molecule has 0 atom stereocenters. The molecule has 0 saturated carbocycles. The highest BCUT2D eigenvalue weighted by Crippen LogP contribution is 2.28. The minimum absolute atomic E-state index is 0.0179. The van der Waals surface area contributed by atoms with Crippen molar-refractivity contribution in [2.45, 2.75) is 45.3 Å². The first-order valence-corrected chi connectivity index (χ1v) is 11.5. The quantitative estimate of drug-likeness (QED) is 0.527. The predicted molar refractivity (Wildman–Crippen MR) is 123 cm³/mol. The largest absolute Gasteiger partial charge is 0.453 e. The average molecular weight is 490 g/mol. The molecule has 0 unspecified atom stereocenters. The van der Waals surface area contributed by atoms with Crippen LogP contribution >= 0.6 is 0 Å². The monoisotopic (exact) mass is 489 g/mol. The normalized spacial score (nSPS) is 14.8. The molecule has 0 aliphatic carbocycles. The SMILES string of the molecule is CCCC(=O)Nc1cccc(CNC(=O)C2CCN(c3ccc4nnc(C(F)(F)F)n4n3)CC2)c1. The molecule has 35 heavy (non-hydrogen) atoms. The van der Waals surface area contributed by atoms with Crippen molar-refractivity contribution in [3.8, 4) is 0 Å². The third kappa shape index (κ3) is 5.87. The maximum atomic E-state index is 13.1. The number of amides is 2. The number of halogens is 3. The van der Waals surface area contributed by atoms with Crippen LogP contribution in [0.3, 0.4) is 0 Å². The Morgan fingerprint density at radius 2 is 1.89 bits per heavy atom. The number of piperidine rings is 1. The number of carbonyl (C=O) groups excluding carboxylic acids is 2. The predicted octanol–water partition coefficient (Wildman–Crippen LogP) is 3.41. The number of aromatic nitrogens is 4. The smallest absolute Gasteiger partial charge is 0.355 e. The highest BCUT2D eigenvalue weighted by Gasteiger charge is 2.38. The molecule has 3 aromatic rings.